The fraction of sp³-hybridized carbons (Fsp3) is 0.632. The van der Waals surface area contributed by atoms with Crippen molar-refractivity contribution in [3.05, 3.63) is 29.8 Å². The topological polar surface area (TPSA) is 36.3 Å². The highest BCUT2D eigenvalue weighted by atomic mass is 16.5. The molecule has 2 aliphatic rings. The summed E-state index contributed by atoms with van der Waals surface area (Å²) < 4.78 is 5.50. The Bertz CT molecular complexity index is 535. The molecule has 0 N–H and O–H groups in total. The second kappa shape index (κ2) is 6.71. The van der Waals surface area contributed by atoms with Crippen LogP contribution in [0.15, 0.2) is 24.3 Å². The lowest BCUT2D eigenvalue weighted by atomic mass is 9.73. The lowest BCUT2D eigenvalue weighted by molar-refractivity contribution is 0.107. The van der Waals surface area contributed by atoms with Crippen LogP contribution in [0.25, 0.3) is 0 Å². The molecule has 1 saturated heterocycles. The van der Waals surface area contributed by atoms with E-state index in [0.29, 0.717) is 0 Å². The fourth-order valence-corrected chi connectivity index (χ4v) is 4.20. The number of ether oxygens (including phenoxy) is 1. The van der Waals surface area contributed by atoms with E-state index in [2.05, 4.69) is 17.0 Å². The van der Waals surface area contributed by atoms with E-state index in [1.807, 2.05) is 18.2 Å². The zero-order valence-corrected chi connectivity index (χ0v) is 13.6. The Hall–Kier alpha value is -1.53. The molecular weight excluding hydrogens is 272 g/mol. The minimum absolute atomic E-state index is 0.377. The third-order valence-corrected chi connectivity index (χ3v) is 5.58. The van der Waals surface area contributed by atoms with Crippen LogP contribution in [0.5, 0.6) is 5.75 Å². The highest BCUT2D eigenvalue weighted by Crippen LogP contribution is 2.40. The van der Waals surface area contributed by atoms with Gasteiger partial charge < -0.3 is 9.64 Å². The first kappa shape index (κ1) is 15.4. The second-order valence-corrected chi connectivity index (χ2v) is 6.72. The van der Waals surface area contributed by atoms with Gasteiger partial charge >= 0.3 is 0 Å². The molecule has 1 heterocycles. The molecule has 3 rings (SSSR count). The summed E-state index contributed by atoms with van der Waals surface area (Å²) in [5, 5.41) is 9.89. The van der Waals surface area contributed by atoms with Crippen LogP contribution in [-0.2, 0) is 5.41 Å². The first-order chi connectivity index (χ1) is 10.8. The molecule has 22 heavy (non-hydrogen) atoms. The third kappa shape index (κ3) is 2.85. The summed E-state index contributed by atoms with van der Waals surface area (Å²) >= 11 is 0. The van der Waals surface area contributed by atoms with Crippen LogP contribution in [0.2, 0.25) is 0 Å². The van der Waals surface area contributed by atoms with Crippen molar-refractivity contribution in [1.82, 2.24) is 4.90 Å². The Kier molecular flexibility index (Phi) is 4.69. The molecule has 2 fully saturated rings. The number of hydrogen-bond donors (Lipinski definition) is 0. The summed E-state index contributed by atoms with van der Waals surface area (Å²) in [7, 11) is 1.70. The van der Waals surface area contributed by atoms with Gasteiger partial charge in [0.2, 0.25) is 0 Å². The summed E-state index contributed by atoms with van der Waals surface area (Å²) in [6, 6.07) is 11.4. The van der Waals surface area contributed by atoms with E-state index in [0.717, 1.165) is 43.3 Å². The summed E-state index contributed by atoms with van der Waals surface area (Å²) in [6.45, 7) is 2.08. The number of methoxy groups -OCH3 is 1. The van der Waals surface area contributed by atoms with E-state index in [4.69, 9.17) is 4.74 Å². The molecule has 3 nitrogen and oxygen atoms in total. The van der Waals surface area contributed by atoms with Crippen LogP contribution in [0.4, 0.5) is 0 Å². The highest BCUT2D eigenvalue weighted by molar-refractivity contribution is 5.44. The lowest BCUT2D eigenvalue weighted by Gasteiger charge is -2.42. The van der Waals surface area contributed by atoms with Gasteiger partial charge in [-0.2, -0.15) is 5.26 Å². The number of piperidine rings is 1. The van der Waals surface area contributed by atoms with Crippen molar-refractivity contribution in [2.75, 3.05) is 20.2 Å². The van der Waals surface area contributed by atoms with Crippen LogP contribution in [-0.4, -0.2) is 31.1 Å². The Morgan fingerprint density at radius 3 is 2.45 bits per heavy atom. The number of rotatable bonds is 3. The molecule has 1 aliphatic heterocycles. The van der Waals surface area contributed by atoms with Gasteiger partial charge in [0.15, 0.2) is 0 Å². The molecule has 1 saturated carbocycles. The minimum atomic E-state index is -0.377. The van der Waals surface area contributed by atoms with E-state index >= 15 is 0 Å². The molecule has 0 aromatic heterocycles. The third-order valence-electron chi connectivity index (χ3n) is 5.58. The van der Waals surface area contributed by atoms with Gasteiger partial charge in [-0.25, -0.2) is 0 Å². The normalized spacial score (nSPS) is 22.9. The number of likely N-dealkylation sites (tertiary alicyclic amines) is 1. The van der Waals surface area contributed by atoms with Gasteiger partial charge in [-0.15, -0.1) is 0 Å². The van der Waals surface area contributed by atoms with Gasteiger partial charge in [-0.3, -0.25) is 0 Å². The maximum atomic E-state index is 9.89. The van der Waals surface area contributed by atoms with Crippen LogP contribution in [0.3, 0.4) is 0 Å². The molecule has 0 spiro atoms. The second-order valence-electron chi connectivity index (χ2n) is 6.72. The molecule has 3 heteroatoms. The van der Waals surface area contributed by atoms with Gasteiger partial charge in [0, 0.05) is 24.7 Å². The quantitative estimate of drug-likeness (QED) is 0.849. The maximum Gasteiger partial charge on any atom is 0.123 e. The molecule has 0 unspecified atom stereocenters. The molecule has 1 aromatic rings. The number of nitriles is 1. The largest absolute Gasteiger partial charge is 0.496 e. The average Bonchev–Trinajstić information content (AvgIpc) is 2.62. The fourth-order valence-electron chi connectivity index (χ4n) is 4.20. The number of benzene rings is 1. The predicted octanol–water partition coefficient (Wildman–Crippen LogP) is 3.89. The summed E-state index contributed by atoms with van der Waals surface area (Å²) in [5.74, 6) is 0.857. The van der Waals surface area contributed by atoms with Crippen LogP contribution < -0.4 is 4.74 Å². The molecule has 0 bridgehead atoms. The van der Waals surface area contributed by atoms with Crippen molar-refractivity contribution in [1.29, 1.82) is 5.26 Å². The lowest BCUT2D eigenvalue weighted by Crippen LogP contribution is -2.47. The maximum absolute atomic E-state index is 9.89. The summed E-state index contributed by atoms with van der Waals surface area (Å²) in [6.07, 6.45) is 8.66. The van der Waals surface area contributed by atoms with E-state index in [1.165, 1.54) is 32.1 Å². The Morgan fingerprint density at radius 1 is 1.14 bits per heavy atom. The molecule has 118 valence electrons. The van der Waals surface area contributed by atoms with Gasteiger partial charge in [0.05, 0.1) is 18.6 Å². The number of para-hydroxylation sites is 1. The van der Waals surface area contributed by atoms with Crippen LogP contribution >= 0.6 is 0 Å². The number of nitrogens with zero attached hydrogens (tertiary/aromatic N) is 2. The van der Waals surface area contributed by atoms with Crippen LogP contribution in [0.1, 0.15) is 50.5 Å². The average molecular weight is 298 g/mol. The monoisotopic (exact) mass is 298 g/mol. The zero-order valence-electron chi connectivity index (χ0n) is 13.6. The van der Waals surface area contributed by atoms with Crippen LogP contribution in [0, 0.1) is 11.3 Å². The van der Waals surface area contributed by atoms with Gasteiger partial charge in [-0.1, -0.05) is 37.5 Å². The van der Waals surface area contributed by atoms with Crippen molar-refractivity contribution >= 4 is 0 Å². The first-order valence-electron chi connectivity index (χ1n) is 8.58. The zero-order chi connectivity index (χ0) is 15.4. The highest BCUT2D eigenvalue weighted by Gasteiger charge is 2.39. The molecule has 1 aliphatic carbocycles. The SMILES string of the molecule is COc1ccccc1C1(C#N)CCN(C2CCCCC2)CC1. The van der Waals surface area contributed by atoms with E-state index < -0.39 is 0 Å². The van der Waals surface area contributed by atoms with E-state index in [1.54, 1.807) is 7.11 Å². The molecule has 0 amide bonds. The standard InChI is InChI=1S/C19H26N2O/c1-22-18-10-6-5-9-17(18)19(15-20)11-13-21(14-12-19)16-7-3-2-4-8-16/h5-6,9-10,16H,2-4,7-8,11-14H2,1H3. The summed E-state index contributed by atoms with van der Waals surface area (Å²) in [4.78, 5) is 2.63. The first-order valence-corrected chi connectivity index (χ1v) is 8.58. The van der Waals surface area contributed by atoms with Crippen molar-refractivity contribution in [3.63, 3.8) is 0 Å². The Morgan fingerprint density at radius 2 is 1.82 bits per heavy atom. The van der Waals surface area contributed by atoms with Crippen molar-refractivity contribution in [3.8, 4) is 11.8 Å². The Balaban J connectivity index is 1.75. The van der Waals surface area contributed by atoms with Crippen molar-refractivity contribution in [2.45, 2.75) is 56.4 Å². The van der Waals surface area contributed by atoms with Gasteiger partial charge in [0.25, 0.3) is 0 Å². The van der Waals surface area contributed by atoms with Gasteiger partial charge in [-0.05, 0) is 31.7 Å². The Labute approximate surface area is 133 Å². The number of hydrogen-bond acceptors (Lipinski definition) is 3. The predicted molar refractivity (Wildman–Crippen MR) is 88.0 cm³/mol. The summed E-state index contributed by atoms with van der Waals surface area (Å²) in [5.41, 5.74) is 0.695. The molecule has 0 atom stereocenters. The molecule has 1 aromatic carbocycles. The van der Waals surface area contributed by atoms with Gasteiger partial charge in [0.1, 0.15) is 5.75 Å². The molecular formula is C19H26N2O. The van der Waals surface area contributed by atoms with E-state index in [-0.39, 0.29) is 5.41 Å². The minimum Gasteiger partial charge on any atom is -0.496 e. The van der Waals surface area contributed by atoms with E-state index in [9.17, 15) is 5.26 Å². The smallest absolute Gasteiger partial charge is 0.123 e. The molecule has 0 radical (unpaired) electrons. The van der Waals surface area contributed by atoms with Crippen molar-refractivity contribution < 1.29 is 4.74 Å². The van der Waals surface area contributed by atoms with Crippen molar-refractivity contribution in [2.24, 2.45) is 0 Å².